The minimum Gasteiger partial charge on any atom is -0.382 e. The largest absolute Gasteiger partial charge is 0.382 e. The van der Waals surface area contributed by atoms with E-state index in [1.165, 1.54) is 0 Å². The highest BCUT2D eigenvalue weighted by molar-refractivity contribution is 5.98. The first-order chi connectivity index (χ1) is 11.2. The monoisotopic (exact) mass is 301 g/mol. The summed E-state index contributed by atoms with van der Waals surface area (Å²) in [6.45, 7) is 1.88. The fraction of sp³-hybridized carbons (Fsp3) is 0.0556. The maximum absolute atomic E-state index is 6.19. The normalized spacial score (nSPS) is 11.0. The number of anilines is 1. The Balaban J connectivity index is 2.06. The Labute approximate surface area is 133 Å². The van der Waals surface area contributed by atoms with Crippen molar-refractivity contribution in [3.8, 4) is 16.9 Å². The molecule has 4 rings (SSSR count). The van der Waals surface area contributed by atoms with E-state index < -0.39 is 0 Å². The SMILES string of the molecule is Cc1nc(-c2ccccc2)c2c(N)nn(-c3ccccc3)c2n1. The van der Waals surface area contributed by atoms with Crippen molar-refractivity contribution >= 4 is 16.9 Å². The van der Waals surface area contributed by atoms with Gasteiger partial charge in [0.15, 0.2) is 11.5 Å². The number of aromatic nitrogens is 4. The van der Waals surface area contributed by atoms with Gasteiger partial charge in [-0.25, -0.2) is 14.6 Å². The lowest BCUT2D eigenvalue weighted by Gasteiger charge is -2.06. The van der Waals surface area contributed by atoms with Crippen molar-refractivity contribution in [3.63, 3.8) is 0 Å². The topological polar surface area (TPSA) is 69.6 Å². The van der Waals surface area contributed by atoms with Crippen molar-refractivity contribution in [2.45, 2.75) is 6.92 Å². The fourth-order valence-corrected chi connectivity index (χ4v) is 2.71. The number of fused-ring (bicyclic) bond motifs is 1. The van der Waals surface area contributed by atoms with Crippen LogP contribution in [-0.2, 0) is 0 Å². The lowest BCUT2D eigenvalue weighted by atomic mass is 10.1. The van der Waals surface area contributed by atoms with Crippen LogP contribution in [0, 0.1) is 6.92 Å². The van der Waals surface area contributed by atoms with E-state index >= 15 is 0 Å². The van der Waals surface area contributed by atoms with Gasteiger partial charge in [0.2, 0.25) is 0 Å². The zero-order chi connectivity index (χ0) is 15.8. The summed E-state index contributed by atoms with van der Waals surface area (Å²) in [4.78, 5) is 9.16. The second-order valence-corrected chi connectivity index (χ2v) is 5.32. The number of nitrogens with two attached hydrogens (primary N) is 1. The van der Waals surface area contributed by atoms with Crippen molar-refractivity contribution < 1.29 is 0 Å². The van der Waals surface area contributed by atoms with Crippen LogP contribution < -0.4 is 5.73 Å². The van der Waals surface area contributed by atoms with Gasteiger partial charge in [-0.2, -0.15) is 0 Å². The average Bonchev–Trinajstić information content (AvgIpc) is 2.92. The molecule has 0 aliphatic rings. The zero-order valence-corrected chi connectivity index (χ0v) is 12.6. The van der Waals surface area contributed by atoms with Crippen LogP contribution in [0.3, 0.4) is 0 Å². The van der Waals surface area contributed by atoms with E-state index in [9.17, 15) is 0 Å². The third kappa shape index (κ3) is 2.23. The van der Waals surface area contributed by atoms with Crippen LogP contribution in [0.4, 0.5) is 5.82 Å². The molecule has 4 aromatic rings. The molecule has 2 N–H and O–H groups in total. The fourth-order valence-electron chi connectivity index (χ4n) is 2.71. The van der Waals surface area contributed by atoms with Crippen LogP contribution in [-0.4, -0.2) is 19.7 Å². The number of para-hydroxylation sites is 1. The Morgan fingerprint density at radius 1 is 0.870 bits per heavy atom. The lowest BCUT2D eigenvalue weighted by molar-refractivity contribution is 0.895. The van der Waals surface area contributed by atoms with Crippen LogP contribution in [0.15, 0.2) is 60.7 Å². The van der Waals surface area contributed by atoms with Crippen LogP contribution in [0.1, 0.15) is 5.82 Å². The molecular weight excluding hydrogens is 286 g/mol. The highest BCUT2D eigenvalue weighted by Gasteiger charge is 2.17. The van der Waals surface area contributed by atoms with Gasteiger partial charge in [-0.1, -0.05) is 48.5 Å². The quantitative estimate of drug-likeness (QED) is 0.616. The van der Waals surface area contributed by atoms with E-state index in [1.807, 2.05) is 67.6 Å². The number of nitrogen functional groups attached to an aromatic ring is 1. The van der Waals surface area contributed by atoms with Gasteiger partial charge in [-0.15, -0.1) is 5.10 Å². The van der Waals surface area contributed by atoms with Crippen molar-refractivity contribution in [3.05, 3.63) is 66.5 Å². The molecule has 23 heavy (non-hydrogen) atoms. The van der Waals surface area contributed by atoms with Crippen molar-refractivity contribution in [1.82, 2.24) is 19.7 Å². The van der Waals surface area contributed by atoms with E-state index in [2.05, 4.69) is 15.1 Å². The first-order valence-corrected chi connectivity index (χ1v) is 7.38. The standard InChI is InChI=1S/C18H15N5/c1-12-20-16(13-8-4-2-5-9-13)15-17(19)22-23(18(15)21-12)14-10-6-3-7-11-14/h2-11H,1H3,(H2,19,22). The van der Waals surface area contributed by atoms with E-state index in [-0.39, 0.29) is 0 Å². The van der Waals surface area contributed by atoms with Crippen molar-refractivity contribution in [1.29, 1.82) is 0 Å². The lowest BCUT2D eigenvalue weighted by Crippen LogP contribution is -2.00. The highest BCUT2D eigenvalue weighted by Crippen LogP contribution is 2.31. The van der Waals surface area contributed by atoms with Gasteiger partial charge < -0.3 is 5.73 Å². The van der Waals surface area contributed by atoms with Gasteiger partial charge in [0.25, 0.3) is 0 Å². The molecule has 0 amide bonds. The number of rotatable bonds is 2. The van der Waals surface area contributed by atoms with Gasteiger partial charge in [-0.3, -0.25) is 0 Å². The van der Waals surface area contributed by atoms with Gasteiger partial charge in [0.1, 0.15) is 5.82 Å². The van der Waals surface area contributed by atoms with Crippen LogP contribution >= 0.6 is 0 Å². The number of hydrogen-bond donors (Lipinski definition) is 1. The molecule has 2 aromatic carbocycles. The molecule has 0 bridgehead atoms. The highest BCUT2D eigenvalue weighted by atomic mass is 15.3. The van der Waals surface area contributed by atoms with Crippen LogP contribution in [0.25, 0.3) is 28.0 Å². The maximum Gasteiger partial charge on any atom is 0.169 e. The molecule has 0 saturated heterocycles. The van der Waals surface area contributed by atoms with Gasteiger partial charge >= 0.3 is 0 Å². The molecule has 0 atom stereocenters. The van der Waals surface area contributed by atoms with Crippen molar-refractivity contribution in [2.24, 2.45) is 0 Å². The molecule has 0 radical (unpaired) electrons. The summed E-state index contributed by atoms with van der Waals surface area (Å²) in [5, 5.41) is 5.26. The second kappa shape index (κ2) is 5.21. The molecule has 0 aliphatic heterocycles. The zero-order valence-electron chi connectivity index (χ0n) is 12.6. The molecule has 5 heteroatoms. The Morgan fingerprint density at radius 3 is 2.22 bits per heavy atom. The first kappa shape index (κ1) is 13.5. The van der Waals surface area contributed by atoms with Crippen LogP contribution in [0.2, 0.25) is 0 Å². The molecule has 112 valence electrons. The van der Waals surface area contributed by atoms with Gasteiger partial charge in [0.05, 0.1) is 16.8 Å². The number of benzene rings is 2. The molecule has 0 unspecified atom stereocenters. The van der Waals surface area contributed by atoms with Gasteiger partial charge in [0, 0.05) is 5.56 Å². The minimum atomic E-state index is 0.433. The second-order valence-electron chi connectivity index (χ2n) is 5.32. The van der Waals surface area contributed by atoms with Crippen molar-refractivity contribution in [2.75, 3.05) is 5.73 Å². The molecule has 5 nitrogen and oxygen atoms in total. The van der Waals surface area contributed by atoms with E-state index in [1.54, 1.807) is 4.68 Å². The Hall–Kier alpha value is -3.21. The smallest absolute Gasteiger partial charge is 0.169 e. The molecule has 0 saturated carbocycles. The Morgan fingerprint density at radius 2 is 1.52 bits per heavy atom. The molecule has 2 heterocycles. The average molecular weight is 301 g/mol. The predicted octanol–water partition coefficient (Wildman–Crippen LogP) is 3.37. The molecule has 0 fully saturated rings. The number of hydrogen-bond acceptors (Lipinski definition) is 4. The minimum absolute atomic E-state index is 0.433. The number of nitrogens with zero attached hydrogens (tertiary/aromatic N) is 4. The van der Waals surface area contributed by atoms with Crippen LogP contribution in [0.5, 0.6) is 0 Å². The number of aryl methyl sites for hydroxylation is 1. The van der Waals surface area contributed by atoms with E-state index in [0.717, 1.165) is 28.0 Å². The molecular formula is C18H15N5. The third-order valence-electron chi connectivity index (χ3n) is 3.71. The summed E-state index contributed by atoms with van der Waals surface area (Å²) < 4.78 is 1.77. The summed E-state index contributed by atoms with van der Waals surface area (Å²) in [6, 6.07) is 19.8. The Kier molecular flexibility index (Phi) is 3.05. The summed E-state index contributed by atoms with van der Waals surface area (Å²) in [7, 11) is 0. The summed E-state index contributed by atoms with van der Waals surface area (Å²) in [6.07, 6.45) is 0. The van der Waals surface area contributed by atoms with E-state index in [4.69, 9.17) is 5.73 Å². The molecule has 2 aromatic heterocycles. The van der Waals surface area contributed by atoms with E-state index in [0.29, 0.717) is 11.6 Å². The summed E-state index contributed by atoms with van der Waals surface area (Å²) >= 11 is 0. The molecule has 0 aliphatic carbocycles. The predicted molar refractivity (Wildman–Crippen MR) is 91.2 cm³/mol. The third-order valence-corrected chi connectivity index (χ3v) is 3.71. The maximum atomic E-state index is 6.19. The Bertz CT molecular complexity index is 975. The summed E-state index contributed by atoms with van der Waals surface area (Å²) in [5.41, 5.74) is 9.65. The molecule has 0 spiro atoms. The van der Waals surface area contributed by atoms with Gasteiger partial charge in [-0.05, 0) is 19.1 Å². The summed E-state index contributed by atoms with van der Waals surface area (Å²) in [5.74, 6) is 1.12. The first-order valence-electron chi connectivity index (χ1n) is 7.38.